The Labute approximate surface area is 100 Å². The maximum atomic E-state index is 13.8. The smallest absolute Gasteiger partial charge is 0.221 e. The molecule has 0 radical (unpaired) electrons. The predicted molar refractivity (Wildman–Crippen MR) is 66.8 cm³/mol. The van der Waals surface area contributed by atoms with Crippen LogP contribution in [0.25, 0.3) is 10.8 Å². The topological polar surface area (TPSA) is 33.1 Å². The highest BCUT2D eigenvalue weighted by Gasteiger charge is 2.22. The molecule has 1 N–H and O–H groups in total. The van der Waals surface area contributed by atoms with Crippen molar-refractivity contribution < 1.29 is 9.50 Å². The molecule has 0 spiro atoms. The number of fused-ring (bicyclic) bond motifs is 1. The number of phenols is 1. The van der Waals surface area contributed by atoms with Crippen LogP contribution in [0.15, 0.2) is 18.3 Å². The lowest BCUT2D eigenvalue weighted by Gasteiger charge is -2.22. The van der Waals surface area contributed by atoms with Crippen LogP contribution in [0.3, 0.4) is 0 Å². The summed E-state index contributed by atoms with van der Waals surface area (Å²) in [6, 6.07) is 3.31. The van der Waals surface area contributed by atoms with Gasteiger partial charge in [-0.25, -0.2) is 4.98 Å². The first-order chi connectivity index (χ1) is 7.82. The van der Waals surface area contributed by atoms with Crippen molar-refractivity contribution in [3.05, 3.63) is 35.4 Å². The van der Waals surface area contributed by atoms with Crippen LogP contribution in [0.4, 0.5) is 4.39 Å². The second kappa shape index (κ2) is 3.69. The summed E-state index contributed by atoms with van der Waals surface area (Å²) in [6.07, 6.45) is 1.51. The molecule has 0 saturated carbocycles. The van der Waals surface area contributed by atoms with Gasteiger partial charge in [0.1, 0.15) is 5.75 Å². The number of aryl methyl sites for hydroxylation is 1. The zero-order valence-corrected chi connectivity index (χ0v) is 10.5. The monoisotopic (exact) mass is 233 g/mol. The van der Waals surface area contributed by atoms with Crippen molar-refractivity contribution in [2.75, 3.05) is 0 Å². The minimum atomic E-state index is -0.526. The van der Waals surface area contributed by atoms with Crippen molar-refractivity contribution in [2.24, 2.45) is 0 Å². The Morgan fingerprint density at radius 1 is 1.18 bits per heavy atom. The van der Waals surface area contributed by atoms with E-state index in [2.05, 4.69) is 4.98 Å². The van der Waals surface area contributed by atoms with E-state index in [0.29, 0.717) is 10.8 Å². The number of benzene rings is 1. The summed E-state index contributed by atoms with van der Waals surface area (Å²) in [5.41, 5.74) is 1.45. The fourth-order valence-electron chi connectivity index (χ4n) is 2.05. The van der Waals surface area contributed by atoms with Crippen LogP contribution in [-0.4, -0.2) is 10.1 Å². The number of pyridine rings is 1. The molecule has 0 aliphatic rings. The molecule has 3 heteroatoms. The molecule has 1 aromatic carbocycles. The highest BCUT2D eigenvalue weighted by atomic mass is 19.1. The third-order valence-corrected chi connectivity index (χ3v) is 2.98. The van der Waals surface area contributed by atoms with Gasteiger partial charge in [-0.15, -0.1) is 0 Å². The standard InChI is InChI=1S/C14H16FNO/c1-8-5-6-10(17)12-9(14(2,3)4)7-16-13(15)11(8)12/h5-7,17H,1-4H3. The fraction of sp³-hybridized carbons (Fsp3) is 0.357. The normalized spacial score (nSPS) is 12.1. The minimum absolute atomic E-state index is 0.108. The second-order valence-corrected chi connectivity index (χ2v) is 5.36. The summed E-state index contributed by atoms with van der Waals surface area (Å²) >= 11 is 0. The van der Waals surface area contributed by atoms with Gasteiger partial charge in [0.2, 0.25) is 5.95 Å². The van der Waals surface area contributed by atoms with E-state index in [1.165, 1.54) is 6.20 Å². The molecule has 1 aromatic heterocycles. The molecular formula is C14H16FNO. The largest absolute Gasteiger partial charge is 0.507 e. The summed E-state index contributed by atoms with van der Waals surface area (Å²) in [5, 5.41) is 11.0. The molecule has 1 heterocycles. The molecule has 0 fully saturated rings. The van der Waals surface area contributed by atoms with E-state index in [1.807, 2.05) is 27.7 Å². The molecule has 90 valence electrons. The Morgan fingerprint density at radius 3 is 2.41 bits per heavy atom. The number of hydrogen-bond acceptors (Lipinski definition) is 2. The van der Waals surface area contributed by atoms with Crippen LogP contribution in [0.1, 0.15) is 31.9 Å². The first-order valence-corrected chi connectivity index (χ1v) is 5.59. The van der Waals surface area contributed by atoms with E-state index in [4.69, 9.17) is 0 Å². The first-order valence-electron chi connectivity index (χ1n) is 5.59. The van der Waals surface area contributed by atoms with Crippen molar-refractivity contribution in [1.82, 2.24) is 4.98 Å². The van der Waals surface area contributed by atoms with Crippen molar-refractivity contribution >= 4 is 10.8 Å². The van der Waals surface area contributed by atoms with Crippen LogP contribution in [0.2, 0.25) is 0 Å². The second-order valence-electron chi connectivity index (χ2n) is 5.36. The summed E-state index contributed by atoms with van der Waals surface area (Å²) in [4.78, 5) is 3.80. The first kappa shape index (κ1) is 11.8. The third-order valence-electron chi connectivity index (χ3n) is 2.98. The molecule has 0 unspecified atom stereocenters. The SMILES string of the molecule is Cc1ccc(O)c2c(C(C)(C)C)cnc(F)c12. The Morgan fingerprint density at radius 2 is 1.82 bits per heavy atom. The number of hydrogen-bond donors (Lipinski definition) is 1. The zero-order valence-electron chi connectivity index (χ0n) is 10.5. The Balaban J connectivity index is 2.99. The van der Waals surface area contributed by atoms with Crippen molar-refractivity contribution in [3.63, 3.8) is 0 Å². The molecule has 17 heavy (non-hydrogen) atoms. The van der Waals surface area contributed by atoms with Gasteiger partial charge in [0.25, 0.3) is 0 Å². The summed E-state index contributed by atoms with van der Waals surface area (Å²) in [5.74, 6) is -0.418. The molecule has 2 rings (SSSR count). The fourth-order valence-corrected chi connectivity index (χ4v) is 2.05. The number of nitrogens with zero attached hydrogens (tertiary/aromatic N) is 1. The van der Waals surface area contributed by atoms with Crippen LogP contribution >= 0.6 is 0 Å². The maximum Gasteiger partial charge on any atom is 0.221 e. The summed E-state index contributed by atoms with van der Waals surface area (Å²) in [6.45, 7) is 7.87. The van der Waals surface area contributed by atoms with Gasteiger partial charge in [-0.3, -0.25) is 0 Å². The molecule has 2 aromatic rings. The molecule has 0 aliphatic heterocycles. The van der Waals surface area contributed by atoms with Gasteiger partial charge < -0.3 is 5.11 Å². The highest BCUT2D eigenvalue weighted by molar-refractivity contribution is 5.93. The molecule has 2 nitrogen and oxygen atoms in total. The molecule has 0 aliphatic carbocycles. The van der Waals surface area contributed by atoms with Crippen LogP contribution < -0.4 is 0 Å². The quantitative estimate of drug-likeness (QED) is 0.704. The Hall–Kier alpha value is -1.64. The van der Waals surface area contributed by atoms with Gasteiger partial charge in [-0.1, -0.05) is 26.8 Å². The minimum Gasteiger partial charge on any atom is -0.507 e. The molecule has 0 amide bonds. The van der Waals surface area contributed by atoms with Gasteiger partial charge in [0.15, 0.2) is 0 Å². The Kier molecular flexibility index (Phi) is 2.57. The highest BCUT2D eigenvalue weighted by Crippen LogP contribution is 2.36. The number of phenolic OH excluding ortho intramolecular Hbond substituents is 1. The van der Waals surface area contributed by atoms with E-state index >= 15 is 0 Å². The molecular weight excluding hydrogens is 217 g/mol. The van der Waals surface area contributed by atoms with Gasteiger partial charge in [-0.05, 0) is 29.5 Å². The molecule has 0 saturated heterocycles. The zero-order chi connectivity index (χ0) is 12.8. The van der Waals surface area contributed by atoms with Crippen molar-refractivity contribution in [1.29, 1.82) is 0 Å². The van der Waals surface area contributed by atoms with Gasteiger partial charge in [0.05, 0.1) is 0 Å². The van der Waals surface area contributed by atoms with Crippen LogP contribution in [0, 0.1) is 12.9 Å². The lowest BCUT2D eigenvalue weighted by atomic mass is 9.84. The van der Waals surface area contributed by atoms with E-state index in [0.717, 1.165) is 11.1 Å². The number of aromatic nitrogens is 1. The Bertz CT molecular complexity index is 577. The maximum absolute atomic E-state index is 13.8. The van der Waals surface area contributed by atoms with Gasteiger partial charge >= 0.3 is 0 Å². The van der Waals surface area contributed by atoms with E-state index < -0.39 is 5.95 Å². The summed E-state index contributed by atoms with van der Waals surface area (Å²) in [7, 11) is 0. The molecule has 0 atom stereocenters. The predicted octanol–water partition coefficient (Wildman–Crippen LogP) is 3.69. The van der Waals surface area contributed by atoms with Crippen LogP contribution in [0.5, 0.6) is 5.75 Å². The van der Waals surface area contributed by atoms with Crippen LogP contribution in [-0.2, 0) is 5.41 Å². The number of halogens is 1. The van der Waals surface area contributed by atoms with Gasteiger partial charge in [0, 0.05) is 17.0 Å². The average molecular weight is 233 g/mol. The summed E-state index contributed by atoms with van der Waals surface area (Å²) < 4.78 is 13.8. The van der Waals surface area contributed by atoms with E-state index in [9.17, 15) is 9.50 Å². The lowest BCUT2D eigenvalue weighted by Crippen LogP contribution is -2.13. The molecule has 0 bridgehead atoms. The third kappa shape index (κ3) is 1.86. The number of rotatable bonds is 0. The van der Waals surface area contributed by atoms with Gasteiger partial charge in [-0.2, -0.15) is 4.39 Å². The van der Waals surface area contributed by atoms with E-state index in [1.54, 1.807) is 12.1 Å². The lowest BCUT2D eigenvalue weighted by molar-refractivity contribution is 0.478. The average Bonchev–Trinajstić information content (AvgIpc) is 2.22. The van der Waals surface area contributed by atoms with Crippen molar-refractivity contribution in [3.8, 4) is 5.75 Å². The van der Waals surface area contributed by atoms with Crippen molar-refractivity contribution in [2.45, 2.75) is 33.1 Å². The van der Waals surface area contributed by atoms with E-state index in [-0.39, 0.29) is 11.2 Å². The number of aromatic hydroxyl groups is 1.